The predicted octanol–water partition coefficient (Wildman–Crippen LogP) is 3.76. The zero-order valence-corrected chi connectivity index (χ0v) is 13.8. The summed E-state index contributed by atoms with van der Waals surface area (Å²) in [7, 11) is 0. The van der Waals surface area contributed by atoms with E-state index in [0.717, 1.165) is 28.6 Å². The molecule has 1 aliphatic carbocycles. The van der Waals surface area contributed by atoms with E-state index in [-0.39, 0.29) is 5.41 Å². The van der Waals surface area contributed by atoms with E-state index >= 15 is 0 Å². The van der Waals surface area contributed by atoms with Gasteiger partial charge in [0.1, 0.15) is 17.0 Å². The number of aromatic nitrogens is 4. The molecule has 1 atom stereocenters. The van der Waals surface area contributed by atoms with Crippen LogP contribution in [0, 0.1) is 5.92 Å². The van der Waals surface area contributed by atoms with Crippen LogP contribution < -0.4 is 0 Å². The van der Waals surface area contributed by atoms with Crippen molar-refractivity contribution in [2.75, 3.05) is 0 Å². The van der Waals surface area contributed by atoms with Crippen LogP contribution in [0.15, 0.2) is 6.33 Å². The van der Waals surface area contributed by atoms with Crippen LogP contribution in [0.5, 0.6) is 0 Å². The molecule has 0 aromatic carbocycles. The maximum absolute atomic E-state index is 4.69. The lowest BCUT2D eigenvalue weighted by Gasteiger charge is -2.18. The monoisotopic (exact) mass is 300 g/mol. The highest BCUT2D eigenvalue weighted by Crippen LogP contribution is 2.39. The number of nitrogens with zero attached hydrogens (tertiary/aromatic N) is 4. The van der Waals surface area contributed by atoms with Crippen molar-refractivity contribution in [1.82, 2.24) is 19.6 Å². The van der Waals surface area contributed by atoms with E-state index < -0.39 is 0 Å². The average molecular weight is 300 g/mol. The highest BCUT2D eigenvalue weighted by atomic mass is 32.1. The number of hydrogen-bond acceptors (Lipinski definition) is 4. The van der Waals surface area contributed by atoms with Crippen LogP contribution in [-0.2, 0) is 18.3 Å². The van der Waals surface area contributed by atoms with Gasteiger partial charge in [-0.05, 0) is 30.7 Å². The Hall–Kier alpha value is -1.49. The molecular weight excluding hydrogens is 280 g/mol. The minimum absolute atomic E-state index is 0.0284. The normalized spacial score (nSPS) is 19.3. The summed E-state index contributed by atoms with van der Waals surface area (Å²) in [5, 5.41) is 10.2. The Balaban J connectivity index is 2.04. The first-order chi connectivity index (χ1) is 9.95. The van der Waals surface area contributed by atoms with Crippen LogP contribution in [0.3, 0.4) is 0 Å². The third-order valence-corrected chi connectivity index (χ3v) is 5.54. The second-order valence-electron chi connectivity index (χ2n) is 7.24. The molecule has 21 heavy (non-hydrogen) atoms. The van der Waals surface area contributed by atoms with Gasteiger partial charge < -0.3 is 0 Å². The van der Waals surface area contributed by atoms with Gasteiger partial charge in [-0.2, -0.15) is 0 Å². The summed E-state index contributed by atoms with van der Waals surface area (Å²) in [4.78, 5) is 7.31. The number of fused-ring (bicyclic) bond motifs is 5. The molecule has 1 aliphatic rings. The van der Waals surface area contributed by atoms with Gasteiger partial charge in [0, 0.05) is 10.3 Å². The SMILES string of the molecule is CC1CCc2c(sc3ncn4c(C(C)(C)C)nnc4c23)C1. The van der Waals surface area contributed by atoms with Gasteiger partial charge >= 0.3 is 0 Å². The smallest absolute Gasteiger partial charge is 0.172 e. The molecule has 0 N–H and O–H groups in total. The first-order valence-electron chi connectivity index (χ1n) is 7.59. The molecule has 0 bridgehead atoms. The van der Waals surface area contributed by atoms with E-state index in [4.69, 9.17) is 0 Å². The van der Waals surface area contributed by atoms with Crippen molar-refractivity contribution in [3.63, 3.8) is 0 Å². The first-order valence-corrected chi connectivity index (χ1v) is 8.41. The third kappa shape index (κ3) is 1.90. The molecule has 110 valence electrons. The van der Waals surface area contributed by atoms with E-state index in [2.05, 4.69) is 47.3 Å². The molecule has 4 nitrogen and oxygen atoms in total. The summed E-state index contributed by atoms with van der Waals surface area (Å²) in [6.07, 6.45) is 5.49. The van der Waals surface area contributed by atoms with Crippen molar-refractivity contribution in [3.05, 3.63) is 22.6 Å². The summed E-state index contributed by atoms with van der Waals surface area (Å²) >= 11 is 1.84. The molecule has 0 spiro atoms. The van der Waals surface area contributed by atoms with Crippen LogP contribution in [0.1, 0.15) is 50.4 Å². The molecule has 3 heterocycles. The quantitative estimate of drug-likeness (QED) is 0.635. The number of hydrogen-bond donors (Lipinski definition) is 0. The van der Waals surface area contributed by atoms with Crippen molar-refractivity contribution < 1.29 is 0 Å². The second-order valence-corrected chi connectivity index (χ2v) is 8.33. The number of aryl methyl sites for hydroxylation is 1. The van der Waals surface area contributed by atoms with E-state index in [1.807, 2.05) is 17.7 Å². The highest BCUT2D eigenvalue weighted by Gasteiger charge is 2.26. The summed E-state index contributed by atoms with van der Waals surface area (Å²) in [6, 6.07) is 0. The fraction of sp³-hybridized carbons (Fsp3) is 0.562. The standard InChI is InChI=1S/C16H20N4S/c1-9-5-6-10-11(7-9)21-14-12(10)13-18-19-15(16(2,3)4)20(13)8-17-14/h8-9H,5-7H2,1-4H3. The molecule has 1 unspecified atom stereocenters. The lowest BCUT2D eigenvalue weighted by molar-refractivity contribution is 0.509. The first kappa shape index (κ1) is 13.2. The van der Waals surface area contributed by atoms with Crippen LogP contribution in [-0.4, -0.2) is 19.6 Å². The molecule has 0 radical (unpaired) electrons. The number of rotatable bonds is 0. The summed E-state index contributed by atoms with van der Waals surface area (Å²) < 4.78 is 2.08. The Morgan fingerprint density at radius 3 is 2.86 bits per heavy atom. The van der Waals surface area contributed by atoms with Gasteiger partial charge in [-0.15, -0.1) is 21.5 Å². The Bertz CT molecular complexity index is 837. The summed E-state index contributed by atoms with van der Waals surface area (Å²) in [6.45, 7) is 8.83. The topological polar surface area (TPSA) is 43.1 Å². The summed E-state index contributed by atoms with van der Waals surface area (Å²) in [5.74, 6) is 1.76. The van der Waals surface area contributed by atoms with Gasteiger partial charge in [-0.1, -0.05) is 27.7 Å². The Labute approximate surface area is 128 Å². The van der Waals surface area contributed by atoms with Gasteiger partial charge in [0.05, 0.1) is 5.39 Å². The van der Waals surface area contributed by atoms with Crippen LogP contribution >= 0.6 is 11.3 Å². The lowest BCUT2D eigenvalue weighted by Crippen LogP contribution is -2.16. The molecule has 4 rings (SSSR count). The van der Waals surface area contributed by atoms with Crippen molar-refractivity contribution >= 4 is 27.2 Å². The zero-order chi connectivity index (χ0) is 14.8. The summed E-state index contributed by atoms with van der Waals surface area (Å²) in [5.41, 5.74) is 2.43. The molecular formula is C16H20N4S. The average Bonchev–Trinajstić information content (AvgIpc) is 2.96. The van der Waals surface area contributed by atoms with Crippen LogP contribution in [0.25, 0.3) is 15.9 Å². The molecule has 0 saturated heterocycles. The van der Waals surface area contributed by atoms with Gasteiger partial charge in [0.15, 0.2) is 5.65 Å². The molecule has 0 amide bonds. The molecule has 0 aliphatic heterocycles. The second kappa shape index (κ2) is 4.26. The molecule has 0 fully saturated rings. The third-order valence-electron chi connectivity index (χ3n) is 4.37. The van der Waals surface area contributed by atoms with Gasteiger partial charge in [-0.3, -0.25) is 4.40 Å². The number of thiophene rings is 1. The maximum Gasteiger partial charge on any atom is 0.172 e. The fourth-order valence-electron chi connectivity index (χ4n) is 3.25. The lowest BCUT2D eigenvalue weighted by atomic mass is 9.89. The van der Waals surface area contributed by atoms with Crippen molar-refractivity contribution in [2.45, 2.75) is 52.4 Å². The minimum atomic E-state index is -0.0284. The van der Waals surface area contributed by atoms with Crippen molar-refractivity contribution in [1.29, 1.82) is 0 Å². The van der Waals surface area contributed by atoms with Crippen LogP contribution in [0.4, 0.5) is 0 Å². The highest BCUT2D eigenvalue weighted by molar-refractivity contribution is 7.19. The molecule has 3 aromatic rings. The fourth-order valence-corrected chi connectivity index (χ4v) is 4.60. The predicted molar refractivity (Wildman–Crippen MR) is 86.1 cm³/mol. The largest absolute Gasteiger partial charge is 0.268 e. The maximum atomic E-state index is 4.69. The van der Waals surface area contributed by atoms with Gasteiger partial charge in [0.2, 0.25) is 0 Å². The Morgan fingerprint density at radius 1 is 1.29 bits per heavy atom. The van der Waals surface area contributed by atoms with Gasteiger partial charge in [-0.25, -0.2) is 4.98 Å². The Kier molecular flexibility index (Phi) is 2.67. The molecule has 5 heteroatoms. The van der Waals surface area contributed by atoms with E-state index in [0.29, 0.717) is 0 Å². The van der Waals surface area contributed by atoms with E-state index in [1.165, 1.54) is 28.7 Å². The van der Waals surface area contributed by atoms with E-state index in [9.17, 15) is 0 Å². The van der Waals surface area contributed by atoms with Crippen molar-refractivity contribution in [2.24, 2.45) is 5.92 Å². The Morgan fingerprint density at radius 2 is 2.10 bits per heavy atom. The van der Waals surface area contributed by atoms with Crippen molar-refractivity contribution in [3.8, 4) is 0 Å². The van der Waals surface area contributed by atoms with Crippen LogP contribution in [0.2, 0.25) is 0 Å². The molecule has 3 aromatic heterocycles. The minimum Gasteiger partial charge on any atom is -0.268 e. The van der Waals surface area contributed by atoms with E-state index in [1.54, 1.807) is 0 Å². The zero-order valence-electron chi connectivity index (χ0n) is 13.0. The molecule has 0 saturated carbocycles. The van der Waals surface area contributed by atoms with Gasteiger partial charge in [0.25, 0.3) is 0 Å².